The fourth-order valence-electron chi connectivity index (χ4n) is 3.28. The number of carbonyl (C=O) groups excluding carboxylic acids is 2. The fourth-order valence-corrected chi connectivity index (χ4v) is 3.28. The second-order valence-corrected chi connectivity index (χ2v) is 7.13. The smallest absolute Gasteiger partial charge is 0.272 e. The van der Waals surface area contributed by atoms with Crippen LogP contribution in [0.3, 0.4) is 0 Å². The highest BCUT2D eigenvalue weighted by Crippen LogP contribution is 2.25. The number of rotatable bonds is 6. The molecule has 3 rings (SSSR count). The number of nitro groups is 1. The van der Waals surface area contributed by atoms with Crippen LogP contribution in [-0.4, -0.2) is 27.8 Å². The van der Waals surface area contributed by atoms with Gasteiger partial charge >= 0.3 is 0 Å². The molecule has 156 valence electrons. The molecule has 0 spiro atoms. The Morgan fingerprint density at radius 2 is 1.83 bits per heavy atom. The van der Waals surface area contributed by atoms with Crippen LogP contribution in [0.15, 0.2) is 53.6 Å². The summed E-state index contributed by atoms with van der Waals surface area (Å²) in [6.45, 7) is 5.28. The van der Waals surface area contributed by atoms with Crippen molar-refractivity contribution in [3.8, 4) is 0 Å². The average molecular weight is 412 g/mol. The molecule has 0 saturated carbocycles. The molecular weight excluding hydrogens is 391 g/mol. The van der Waals surface area contributed by atoms with E-state index in [9.17, 15) is 24.1 Å². The number of aryl methyl sites for hydroxylation is 1. The fraction of sp³-hybridized carbons (Fsp3) is 0.238. The van der Waals surface area contributed by atoms with Gasteiger partial charge in [-0.05, 0) is 56.2 Å². The van der Waals surface area contributed by atoms with Crippen molar-refractivity contribution in [2.45, 2.75) is 33.5 Å². The number of nitrogens with zero attached hydrogens (tertiary/aromatic N) is 2. The first kappa shape index (κ1) is 21.1. The first-order valence-electron chi connectivity index (χ1n) is 9.22. The minimum absolute atomic E-state index is 0.0687. The number of hydrogen-bond acceptors (Lipinski definition) is 5. The van der Waals surface area contributed by atoms with Crippen molar-refractivity contribution in [2.24, 2.45) is 0 Å². The van der Waals surface area contributed by atoms with Crippen LogP contribution in [-0.2, 0) is 11.3 Å². The van der Waals surface area contributed by atoms with Crippen LogP contribution in [0.2, 0.25) is 0 Å². The van der Waals surface area contributed by atoms with Gasteiger partial charge in [-0.3, -0.25) is 25.1 Å². The zero-order valence-electron chi connectivity index (χ0n) is 16.7. The third-order valence-corrected chi connectivity index (χ3v) is 5.14. The van der Waals surface area contributed by atoms with Gasteiger partial charge < -0.3 is 4.90 Å². The number of benzene rings is 2. The molecule has 2 aromatic rings. The summed E-state index contributed by atoms with van der Waals surface area (Å²) >= 11 is 0. The lowest BCUT2D eigenvalue weighted by Gasteiger charge is -2.27. The van der Waals surface area contributed by atoms with Crippen LogP contribution in [0.4, 0.5) is 10.1 Å². The Bertz CT molecular complexity index is 1050. The monoisotopic (exact) mass is 412 g/mol. The molecule has 1 unspecified atom stereocenters. The zero-order chi connectivity index (χ0) is 22.0. The van der Waals surface area contributed by atoms with Crippen molar-refractivity contribution in [3.63, 3.8) is 0 Å². The second kappa shape index (κ2) is 8.42. The molecule has 0 bridgehead atoms. The molecule has 0 saturated heterocycles. The molecule has 1 atom stereocenters. The van der Waals surface area contributed by atoms with E-state index in [2.05, 4.69) is 10.9 Å². The normalized spacial score (nSPS) is 16.2. The predicted molar refractivity (Wildman–Crippen MR) is 108 cm³/mol. The van der Waals surface area contributed by atoms with E-state index in [1.54, 1.807) is 37.8 Å². The van der Waals surface area contributed by atoms with E-state index >= 15 is 0 Å². The molecule has 8 nitrogen and oxygen atoms in total. The molecular formula is C21H21FN4O4. The van der Waals surface area contributed by atoms with Crippen LogP contribution in [0.25, 0.3) is 0 Å². The van der Waals surface area contributed by atoms with E-state index in [0.29, 0.717) is 11.1 Å². The Hall–Kier alpha value is -3.59. The number of hydrogen-bond donors (Lipinski definition) is 2. The van der Waals surface area contributed by atoms with Gasteiger partial charge in [0.2, 0.25) is 0 Å². The second-order valence-electron chi connectivity index (χ2n) is 7.13. The van der Waals surface area contributed by atoms with Crippen molar-refractivity contribution >= 4 is 17.5 Å². The number of hydrazine groups is 1. The van der Waals surface area contributed by atoms with Crippen LogP contribution in [0.1, 0.15) is 35.3 Å². The highest BCUT2D eigenvalue weighted by molar-refractivity contribution is 5.97. The van der Waals surface area contributed by atoms with Crippen LogP contribution < -0.4 is 10.9 Å². The van der Waals surface area contributed by atoms with Crippen molar-refractivity contribution < 1.29 is 18.9 Å². The van der Waals surface area contributed by atoms with E-state index < -0.39 is 17.0 Å². The summed E-state index contributed by atoms with van der Waals surface area (Å²) in [5.41, 5.74) is 8.05. The molecule has 1 aliphatic heterocycles. The standard InChI is InChI=1S/C21H21FN4O4/c1-12-10-16(6-9-18(12)26(29)30)20(27)24-23-19-13(2)14(3)21(28)25(19)11-15-4-7-17(22)8-5-15/h4-10,19,23H,11H2,1-3H3,(H,24,27). The van der Waals surface area contributed by atoms with Gasteiger partial charge in [0.25, 0.3) is 17.5 Å². The summed E-state index contributed by atoms with van der Waals surface area (Å²) in [5.74, 6) is -1.04. The number of amides is 2. The lowest BCUT2D eigenvalue weighted by atomic mass is 10.1. The minimum atomic E-state index is -0.578. The molecule has 1 heterocycles. The van der Waals surface area contributed by atoms with Crippen LogP contribution in [0.5, 0.6) is 0 Å². The maximum absolute atomic E-state index is 13.2. The van der Waals surface area contributed by atoms with E-state index in [0.717, 1.165) is 11.1 Å². The van der Waals surface area contributed by atoms with Gasteiger partial charge in [-0.1, -0.05) is 12.1 Å². The summed E-state index contributed by atoms with van der Waals surface area (Å²) in [4.78, 5) is 37.1. The van der Waals surface area contributed by atoms with Gasteiger partial charge in [0, 0.05) is 29.3 Å². The summed E-state index contributed by atoms with van der Waals surface area (Å²) < 4.78 is 13.2. The number of nitrogens with one attached hydrogen (secondary N) is 2. The van der Waals surface area contributed by atoms with E-state index in [1.807, 2.05) is 0 Å². The number of nitro benzene ring substituents is 1. The molecule has 30 heavy (non-hydrogen) atoms. The van der Waals surface area contributed by atoms with Crippen LogP contribution in [0, 0.1) is 22.9 Å². The SMILES string of the molecule is CC1=C(C)C(NNC(=O)c2ccc([N+](=O)[O-])c(C)c2)N(Cc2ccc(F)cc2)C1=O. The van der Waals surface area contributed by atoms with Gasteiger partial charge in [0.15, 0.2) is 0 Å². The molecule has 1 aliphatic rings. The molecule has 0 fully saturated rings. The highest BCUT2D eigenvalue weighted by atomic mass is 19.1. The van der Waals surface area contributed by atoms with Gasteiger partial charge in [-0.2, -0.15) is 0 Å². The maximum atomic E-state index is 13.2. The minimum Gasteiger partial charge on any atom is -0.314 e. The topological polar surface area (TPSA) is 105 Å². The molecule has 0 aliphatic carbocycles. The third kappa shape index (κ3) is 4.20. The van der Waals surface area contributed by atoms with Crippen molar-refractivity contribution in [3.05, 3.63) is 86.2 Å². The van der Waals surface area contributed by atoms with Crippen molar-refractivity contribution in [2.75, 3.05) is 0 Å². The molecule has 2 amide bonds. The molecule has 9 heteroatoms. The van der Waals surface area contributed by atoms with E-state index in [-0.39, 0.29) is 29.5 Å². The Kier molecular flexibility index (Phi) is 5.93. The van der Waals surface area contributed by atoms with Gasteiger partial charge in [-0.15, -0.1) is 0 Å². The van der Waals surface area contributed by atoms with Crippen molar-refractivity contribution in [1.29, 1.82) is 0 Å². The molecule has 0 aromatic heterocycles. The molecule has 2 aromatic carbocycles. The third-order valence-electron chi connectivity index (χ3n) is 5.14. The summed E-state index contributed by atoms with van der Waals surface area (Å²) in [5, 5.41) is 10.9. The lowest BCUT2D eigenvalue weighted by molar-refractivity contribution is -0.385. The Balaban J connectivity index is 1.73. The number of carbonyl (C=O) groups is 2. The van der Waals surface area contributed by atoms with E-state index in [1.165, 1.54) is 30.3 Å². The average Bonchev–Trinajstić information content (AvgIpc) is 2.91. The Morgan fingerprint density at radius 3 is 2.43 bits per heavy atom. The molecule has 0 radical (unpaired) electrons. The van der Waals surface area contributed by atoms with E-state index in [4.69, 9.17) is 0 Å². The van der Waals surface area contributed by atoms with Crippen molar-refractivity contribution in [1.82, 2.24) is 15.8 Å². The summed E-state index contributed by atoms with van der Waals surface area (Å²) in [6, 6.07) is 9.92. The van der Waals surface area contributed by atoms with Gasteiger partial charge in [0.05, 0.1) is 4.92 Å². The highest BCUT2D eigenvalue weighted by Gasteiger charge is 2.35. The first-order chi connectivity index (χ1) is 14.2. The molecule has 2 N–H and O–H groups in total. The quantitative estimate of drug-likeness (QED) is 0.561. The lowest BCUT2D eigenvalue weighted by Crippen LogP contribution is -2.52. The van der Waals surface area contributed by atoms with Gasteiger partial charge in [-0.25, -0.2) is 9.82 Å². The maximum Gasteiger partial charge on any atom is 0.272 e. The summed E-state index contributed by atoms with van der Waals surface area (Å²) in [7, 11) is 0. The Labute approximate surface area is 172 Å². The van der Waals surface area contributed by atoms with Crippen LogP contribution >= 0.6 is 0 Å². The predicted octanol–water partition coefficient (Wildman–Crippen LogP) is 2.98. The largest absolute Gasteiger partial charge is 0.314 e. The Morgan fingerprint density at radius 1 is 1.17 bits per heavy atom. The number of halogens is 1. The first-order valence-corrected chi connectivity index (χ1v) is 9.22. The van der Waals surface area contributed by atoms with Gasteiger partial charge in [0.1, 0.15) is 12.0 Å². The summed E-state index contributed by atoms with van der Waals surface area (Å²) in [6.07, 6.45) is -0.578. The zero-order valence-corrected chi connectivity index (χ0v) is 16.7.